The number of carbonyl (C=O) groups is 2. The van der Waals surface area contributed by atoms with Crippen LogP contribution in [0.25, 0.3) is 0 Å². The third-order valence-corrected chi connectivity index (χ3v) is 8.40. The number of nitrogens with one attached hydrogen (secondary N) is 2. The van der Waals surface area contributed by atoms with Gasteiger partial charge in [-0.2, -0.15) is 0 Å². The van der Waals surface area contributed by atoms with Crippen molar-refractivity contribution >= 4 is 11.8 Å². The molecule has 0 bridgehead atoms. The van der Waals surface area contributed by atoms with Crippen LogP contribution in [0, 0.1) is 28.6 Å². The third-order valence-electron chi connectivity index (χ3n) is 8.40. The van der Waals surface area contributed by atoms with E-state index in [1.54, 1.807) is 13.8 Å². The molecule has 0 saturated heterocycles. The van der Waals surface area contributed by atoms with Gasteiger partial charge in [0, 0.05) is 25.6 Å². The van der Waals surface area contributed by atoms with Crippen LogP contribution in [0.4, 0.5) is 0 Å². The fourth-order valence-corrected chi connectivity index (χ4v) is 6.98. The highest BCUT2D eigenvalue weighted by Crippen LogP contribution is 2.64. The molecule has 7 atom stereocenters. The molecule has 0 radical (unpaired) electrons. The van der Waals surface area contributed by atoms with Crippen LogP contribution in [-0.4, -0.2) is 29.1 Å². The van der Waals surface area contributed by atoms with Crippen molar-refractivity contribution in [3.8, 4) is 0 Å². The van der Waals surface area contributed by atoms with Gasteiger partial charge < -0.3 is 15.7 Å². The molecule has 1 unspecified atom stereocenters. The van der Waals surface area contributed by atoms with E-state index in [4.69, 9.17) is 0 Å². The lowest BCUT2D eigenvalue weighted by atomic mass is 9.49. The van der Waals surface area contributed by atoms with Crippen LogP contribution in [-0.2, 0) is 9.59 Å². The summed E-state index contributed by atoms with van der Waals surface area (Å²) in [4.78, 5) is 23.8. The van der Waals surface area contributed by atoms with E-state index in [1.807, 2.05) is 6.08 Å². The summed E-state index contributed by atoms with van der Waals surface area (Å²) in [5.74, 6) is 1.17. The summed E-state index contributed by atoms with van der Waals surface area (Å²) in [6, 6.07) is 0.205. The van der Waals surface area contributed by atoms with E-state index in [9.17, 15) is 14.7 Å². The summed E-state index contributed by atoms with van der Waals surface area (Å²) in [7, 11) is 0. The van der Waals surface area contributed by atoms with Crippen LogP contribution >= 0.6 is 0 Å². The van der Waals surface area contributed by atoms with Crippen molar-refractivity contribution in [3.05, 3.63) is 23.4 Å². The molecule has 0 heterocycles. The van der Waals surface area contributed by atoms with Crippen molar-refractivity contribution < 1.29 is 14.7 Å². The van der Waals surface area contributed by atoms with Crippen LogP contribution in [0.15, 0.2) is 23.4 Å². The molecular weight excluding hydrogens is 352 g/mol. The van der Waals surface area contributed by atoms with Crippen molar-refractivity contribution in [2.45, 2.75) is 78.4 Å². The Morgan fingerprint density at radius 2 is 1.86 bits per heavy atom. The van der Waals surface area contributed by atoms with Gasteiger partial charge in [-0.05, 0) is 72.7 Å². The van der Waals surface area contributed by atoms with Crippen LogP contribution < -0.4 is 10.6 Å². The molecule has 0 aliphatic heterocycles. The summed E-state index contributed by atoms with van der Waals surface area (Å²) in [6.07, 6.45) is 9.63. The van der Waals surface area contributed by atoms with Crippen molar-refractivity contribution in [1.82, 2.24) is 10.6 Å². The predicted octanol–water partition coefficient (Wildman–Crippen LogP) is 3.05. The molecular formula is C23H34N2O3. The van der Waals surface area contributed by atoms with Gasteiger partial charge in [0.1, 0.15) is 0 Å². The third kappa shape index (κ3) is 2.94. The molecule has 28 heavy (non-hydrogen) atoms. The maximum atomic E-state index is 12.0. The van der Waals surface area contributed by atoms with E-state index in [0.717, 1.165) is 44.2 Å². The lowest BCUT2D eigenvalue weighted by molar-refractivity contribution is -0.120. The van der Waals surface area contributed by atoms with Gasteiger partial charge in [0.25, 0.3) is 0 Å². The average Bonchev–Trinajstić information content (AvgIpc) is 2.92. The molecule has 3 N–H and O–H groups in total. The second-order valence-corrected chi connectivity index (χ2v) is 10.0. The second kappa shape index (κ2) is 6.72. The Morgan fingerprint density at radius 3 is 2.54 bits per heavy atom. The quantitative estimate of drug-likeness (QED) is 0.638. The zero-order valence-corrected chi connectivity index (χ0v) is 17.5. The lowest BCUT2D eigenvalue weighted by Gasteiger charge is -2.56. The molecule has 4 aliphatic carbocycles. The number of amides is 2. The Labute approximate surface area is 168 Å². The zero-order valence-electron chi connectivity index (χ0n) is 17.5. The Morgan fingerprint density at radius 1 is 1.11 bits per heavy atom. The number of rotatable bonds is 2. The SMILES string of the molecule is CC(=O)NC1=C2[C@@H]3CC[C@H](NC(C)=O)[C@@]3(C)CC[C@@H]2[C@@]2(C)C=C[C@H](O)CC2C1. The lowest BCUT2D eigenvalue weighted by Crippen LogP contribution is -2.53. The van der Waals surface area contributed by atoms with Crippen molar-refractivity contribution in [2.24, 2.45) is 28.6 Å². The zero-order chi connectivity index (χ0) is 20.3. The second-order valence-electron chi connectivity index (χ2n) is 10.0. The minimum absolute atomic E-state index is 0.0135. The molecule has 4 rings (SSSR count). The largest absolute Gasteiger partial charge is 0.389 e. The fraction of sp³-hybridized carbons (Fsp3) is 0.739. The van der Waals surface area contributed by atoms with Gasteiger partial charge >= 0.3 is 0 Å². The van der Waals surface area contributed by atoms with E-state index < -0.39 is 0 Å². The summed E-state index contributed by atoms with van der Waals surface area (Å²) in [5, 5.41) is 16.6. The molecule has 0 spiro atoms. The summed E-state index contributed by atoms with van der Waals surface area (Å²) >= 11 is 0. The predicted molar refractivity (Wildman–Crippen MR) is 108 cm³/mol. The van der Waals surface area contributed by atoms with Crippen LogP contribution in [0.2, 0.25) is 0 Å². The Bertz CT molecular complexity index is 757. The number of aliphatic hydroxyl groups is 1. The Balaban J connectivity index is 1.77. The van der Waals surface area contributed by atoms with E-state index in [2.05, 4.69) is 30.6 Å². The highest BCUT2D eigenvalue weighted by atomic mass is 16.3. The first kappa shape index (κ1) is 19.7. The van der Waals surface area contributed by atoms with Gasteiger partial charge in [-0.3, -0.25) is 9.59 Å². The van der Waals surface area contributed by atoms with Gasteiger partial charge in [-0.25, -0.2) is 0 Å². The monoisotopic (exact) mass is 386 g/mol. The highest BCUT2D eigenvalue weighted by Gasteiger charge is 2.58. The number of aliphatic hydroxyl groups excluding tert-OH is 1. The average molecular weight is 387 g/mol. The molecule has 154 valence electrons. The molecule has 4 aliphatic rings. The van der Waals surface area contributed by atoms with Crippen LogP contribution in [0.5, 0.6) is 0 Å². The first-order valence-corrected chi connectivity index (χ1v) is 10.8. The van der Waals surface area contributed by atoms with E-state index >= 15 is 0 Å². The van der Waals surface area contributed by atoms with Crippen molar-refractivity contribution in [2.75, 3.05) is 0 Å². The maximum Gasteiger partial charge on any atom is 0.220 e. The molecule has 2 amide bonds. The standard InChI is InChI=1S/C23H34N2O3/c1-13(26)24-19-12-15-11-16(28)7-9-22(15,3)18-8-10-23(4)17(21(18)19)5-6-20(23)25-14(2)27/h7,9,15-18,20,28H,5-6,8,10-12H2,1-4H3,(H,24,26)(H,25,27)/t15?,16-,17-,18-,20-,22-,23-/m0/s1. The van der Waals surface area contributed by atoms with E-state index in [1.165, 1.54) is 5.57 Å². The number of hydrogen-bond acceptors (Lipinski definition) is 3. The van der Waals surface area contributed by atoms with Gasteiger partial charge in [-0.1, -0.05) is 26.0 Å². The highest BCUT2D eigenvalue weighted by molar-refractivity contribution is 5.75. The Kier molecular flexibility index (Phi) is 4.72. The first-order valence-electron chi connectivity index (χ1n) is 10.8. The molecule has 0 aromatic rings. The van der Waals surface area contributed by atoms with Gasteiger partial charge in [0.2, 0.25) is 11.8 Å². The first-order chi connectivity index (χ1) is 13.1. The molecule has 2 fully saturated rings. The number of hydrogen-bond donors (Lipinski definition) is 3. The van der Waals surface area contributed by atoms with E-state index in [0.29, 0.717) is 17.8 Å². The van der Waals surface area contributed by atoms with Gasteiger partial charge in [0.05, 0.1) is 6.10 Å². The molecule has 5 nitrogen and oxygen atoms in total. The van der Waals surface area contributed by atoms with Gasteiger partial charge in [-0.15, -0.1) is 0 Å². The molecule has 0 aromatic heterocycles. The summed E-state index contributed by atoms with van der Waals surface area (Å²) < 4.78 is 0. The molecule has 0 aromatic carbocycles. The normalized spacial score (nSPS) is 44.4. The summed E-state index contributed by atoms with van der Waals surface area (Å²) in [5.41, 5.74) is 2.60. The van der Waals surface area contributed by atoms with Crippen LogP contribution in [0.1, 0.15) is 66.2 Å². The van der Waals surface area contributed by atoms with Crippen LogP contribution in [0.3, 0.4) is 0 Å². The van der Waals surface area contributed by atoms with Crippen molar-refractivity contribution in [1.29, 1.82) is 0 Å². The molecule has 2 saturated carbocycles. The number of carbonyl (C=O) groups excluding carboxylic acids is 2. The van der Waals surface area contributed by atoms with Crippen molar-refractivity contribution in [3.63, 3.8) is 0 Å². The number of allylic oxidation sites excluding steroid dienone is 3. The maximum absolute atomic E-state index is 12.0. The summed E-state index contributed by atoms with van der Waals surface area (Å²) in [6.45, 7) is 7.87. The smallest absolute Gasteiger partial charge is 0.220 e. The minimum atomic E-state index is -0.386. The van der Waals surface area contributed by atoms with Gasteiger partial charge in [0.15, 0.2) is 0 Å². The Hall–Kier alpha value is -1.62. The number of fused-ring (bicyclic) bond motifs is 5. The van der Waals surface area contributed by atoms with E-state index in [-0.39, 0.29) is 34.8 Å². The fourth-order valence-electron chi connectivity index (χ4n) is 6.98. The molecule has 5 heteroatoms. The topological polar surface area (TPSA) is 78.4 Å². The minimum Gasteiger partial charge on any atom is -0.389 e.